The topological polar surface area (TPSA) is 61.5 Å². The molecule has 0 aliphatic heterocycles. The van der Waals surface area contributed by atoms with E-state index in [0.29, 0.717) is 0 Å². The lowest BCUT2D eigenvalue weighted by atomic mass is 10.1. The van der Waals surface area contributed by atoms with E-state index in [-0.39, 0.29) is 17.0 Å². The summed E-state index contributed by atoms with van der Waals surface area (Å²) in [5.74, 6) is -1.28. The van der Waals surface area contributed by atoms with Crippen molar-refractivity contribution in [3.63, 3.8) is 0 Å². The smallest absolute Gasteiger partial charge is 0.343 e. The minimum atomic E-state index is -0.782. The van der Waals surface area contributed by atoms with Crippen molar-refractivity contribution >= 4 is 11.7 Å². The molecular weight excluding hydrogens is 225 g/mol. The first-order valence-corrected chi connectivity index (χ1v) is 5.11. The summed E-state index contributed by atoms with van der Waals surface area (Å²) in [4.78, 5) is 11.7. The molecule has 0 radical (unpaired) electrons. The highest BCUT2D eigenvalue weighted by molar-refractivity contribution is 5.95. The highest BCUT2D eigenvalue weighted by Gasteiger charge is 2.23. The second kappa shape index (κ2) is 4.61. The molecule has 17 heavy (non-hydrogen) atoms. The predicted molar refractivity (Wildman–Crippen MR) is 62.5 cm³/mol. The Kier molecular flexibility index (Phi) is 3.60. The van der Waals surface area contributed by atoms with Crippen LogP contribution in [0.25, 0.3) is 0 Å². The molecule has 1 rings (SSSR count). The van der Waals surface area contributed by atoms with Crippen molar-refractivity contribution in [1.29, 1.82) is 0 Å². The molecule has 2 N–H and O–H groups in total. The summed E-state index contributed by atoms with van der Waals surface area (Å²) in [6.45, 7) is 5.09. The lowest BCUT2D eigenvalue weighted by Crippen LogP contribution is -2.25. The molecule has 1 aromatic rings. The molecule has 5 heteroatoms. The number of nitrogens with two attached hydrogens (primary N) is 1. The molecule has 0 aliphatic rings. The van der Waals surface area contributed by atoms with Gasteiger partial charge in [0.2, 0.25) is 0 Å². The van der Waals surface area contributed by atoms with Crippen LogP contribution in [0.4, 0.5) is 10.1 Å². The Balaban J connectivity index is 3.10. The van der Waals surface area contributed by atoms with Crippen molar-refractivity contribution in [1.82, 2.24) is 0 Å². The minimum absolute atomic E-state index is 0.00361. The zero-order chi connectivity index (χ0) is 13.2. The number of hydrogen-bond acceptors (Lipinski definition) is 4. The zero-order valence-corrected chi connectivity index (χ0v) is 10.3. The van der Waals surface area contributed by atoms with Gasteiger partial charge in [0, 0.05) is 12.1 Å². The molecule has 0 saturated heterocycles. The molecule has 0 spiro atoms. The van der Waals surface area contributed by atoms with Crippen molar-refractivity contribution in [3.05, 3.63) is 23.5 Å². The van der Waals surface area contributed by atoms with Crippen molar-refractivity contribution in [3.8, 4) is 5.75 Å². The number of nitrogen functional groups attached to an aromatic ring is 1. The molecule has 0 heterocycles. The van der Waals surface area contributed by atoms with Crippen LogP contribution in [0.1, 0.15) is 31.1 Å². The van der Waals surface area contributed by atoms with Crippen LogP contribution in [0.5, 0.6) is 5.75 Å². The van der Waals surface area contributed by atoms with Crippen LogP contribution in [-0.2, 0) is 4.74 Å². The monoisotopic (exact) mass is 241 g/mol. The number of ether oxygens (including phenoxy) is 2. The molecule has 0 fully saturated rings. The largest absolute Gasteiger partial charge is 0.497 e. The highest BCUT2D eigenvalue weighted by atomic mass is 19.1. The first kappa shape index (κ1) is 13.3. The van der Waals surface area contributed by atoms with Gasteiger partial charge >= 0.3 is 5.97 Å². The highest BCUT2D eigenvalue weighted by Crippen LogP contribution is 2.25. The molecule has 0 unspecified atom stereocenters. The van der Waals surface area contributed by atoms with Gasteiger partial charge < -0.3 is 15.2 Å². The number of halogens is 1. The van der Waals surface area contributed by atoms with E-state index in [1.54, 1.807) is 20.8 Å². The number of carbonyl (C=O) groups excluding carboxylic acids is 1. The van der Waals surface area contributed by atoms with Gasteiger partial charge in [-0.25, -0.2) is 9.18 Å². The van der Waals surface area contributed by atoms with Gasteiger partial charge in [0.05, 0.1) is 12.8 Å². The molecule has 94 valence electrons. The van der Waals surface area contributed by atoms with E-state index < -0.39 is 17.4 Å². The summed E-state index contributed by atoms with van der Waals surface area (Å²) in [5, 5.41) is 0. The van der Waals surface area contributed by atoms with Gasteiger partial charge in [-0.2, -0.15) is 0 Å². The Hall–Kier alpha value is -1.78. The summed E-state index contributed by atoms with van der Waals surface area (Å²) in [7, 11) is 1.39. The van der Waals surface area contributed by atoms with E-state index in [9.17, 15) is 9.18 Å². The van der Waals surface area contributed by atoms with E-state index >= 15 is 0 Å². The first-order valence-electron chi connectivity index (χ1n) is 5.11. The SMILES string of the molecule is COc1cc(N)c(C(=O)OC(C)(C)C)c(F)c1. The van der Waals surface area contributed by atoms with Gasteiger partial charge in [0.15, 0.2) is 0 Å². The van der Waals surface area contributed by atoms with Gasteiger partial charge in [-0.05, 0) is 20.8 Å². The summed E-state index contributed by atoms with van der Waals surface area (Å²) >= 11 is 0. The number of carbonyl (C=O) groups is 1. The number of methoxy groups -OCH3 is 1. The average Bonchev–Trinajstić information content (AvgIpc) is 2.13. The zero-order valence-electron chi connectivity index (χ0n) is 10.3. The lowest BCUT2D eigenvalue weighted by Gasteiger charge is -2.20. The fourth-order valence-corrected chi connectivity index (χ4v) is 1.26. The maximum Gasteiger partial charge on any atom is 0.343 e. The van der Waals surface area contributed by atoms with E-state index in [2.05, 4.69) is 0 Å². The van der Waals surface area contributed by atoms with Crippen LogP contribution < -0.4 is 10.5 Å². The number of anilines is 1. The van der Waals surface area contributed by atoms with E-state index in [4.69, 9.17) is 15.2 Å². The van der Waals surface area contributed by atoms with Gasteiger partial charge in [0.25, 0.3) is 0 Å². The van der Waals surface area contributed by atoms with Gasteiger partial charge in [0.1, 0.15) is 22.7 Å². The summed E-state index contributed by atoms with van der Waals surface area (Å²) in [5.41, 5.74) is 4.63. The predicted octanol–water partition coefficient (Wildman–Crippen LogP) is 2.37. The number of rotatable bonds is 2. The van der Waals surface area contributed by atoms with Crippen molar-refractivity contribution in [2.75, 3.05) is 12.8 Å². The lowest BCUT2D eigenvalue weighted by molar-refractivity contribution is 0.00661. The Bertz CT molecular complexity index is 415. The van der Waals surface area contributed by atoms with E-state index in [0.717, 1.165) is 6.07 Å². The van der Waals surface area contributed by atoms with Crippen LogP contribution in [0.2, 0.25) is 0 Å². The Labute approximate surface area is 99.5 Å². The molecule has 0 bridgehead atoms. The molecule has 1 aromatic carbocycles. The fraction of sp³-hybridized carbons (Fsp3) is 0.417. The maximum absolute atomic E-state index is 13.7. The van der Waals surface area contributed by atoms with Crippen molar-refractivity contribution < 1.29 is 18.7 Å². The molecule has 0 amide bonds. The first-order chi connectivity index (χ1) is 7.74. The van der Waals surface area contributed by atoms with Crippen LogP contribution in [0.15, 0.2) is 12.1 Å². The summed E-state index contributed by atoms with van der Waals surface area (Å²) in [6, 6.07) is 2.47. The van der Waals surface area contributed by atoms with E-state index in [1.807, 2.05) is 0 Å². The Morgan fingerprint density at radius 2 is 1.94 bits per heavy atom. The third kappa shape index (κ3) is 3.34. The molecular formula is C12H16FNO3. The number of hydrogen-bond donors (Lipinski definition) is 1. The summed E-state index contributed by atoms with van der Waals surface area (Å²) < 4.78 is 23.6. The molecule has 0 aromatic heterocycles. The second-order valence-corrected chi connectivity index (χ2v) is 4.58. The van der Waals surface area contributed by atoms with Crippen molar-refractivity contribution in [2.45, 2.75) is 26.4 Å². The fourth-order valence-electron chi connectivity index (χ4n) is 1.26. The number of benzene rings is 1. The van der Waals surface area contributed by atoms with Crippen molar-refractivity contribution in [2.24, 2.45) is 0 Å². The van der Waals surface area contributed by atoms with Crippen LogP contribution in [0.3, 0.4) is 0 Å². The normalized spacial score (nSPS) is 11.1. The second-order valence-electron chi connectivity index (χ2n) is 4.58. The van der Waals surface area contributed by atoms with Gasteiger partial charge in [-0.1, -0.05) is 0 Å². The third-order valence-electron chi connectivity index (χ3n) is 1.93. The quantitative estimate of drug-likeness (QED) is 0.637. The maximum atomic E-state index is 13.7. The average molecular weight is 241 g/mol. The molecule has 0 atom stereocenters. The molecule has 4 nitrogen and oxygen atoms in total. The molecule has 0 saturated carbocycles. The van der Waals surface area contributed by atoms with Crippen LogP contribution in [0, 0.1) is 5.82 Å². The minimum Gasteiger partial charge on any atom is -0.497 e. The van der Waals surface area contributed by atoms with Crippen LogP contribution in [-0.4, -0.2) is 18.7 Å². The van der Waals surface area contributed by atoms with Gasteiger partial charge in [-0.3, -0.25) is 0 Å². The number of esters is 1. The molecule has 0 aliphatic carbocycles. The summed E-state index contributed by atoms with van der Waals surface area (Å²) in [6.07, 6.45) is 0. The van der Waals surface area contributed by atoms with Crippen LogP contribution >= 0.6 is 0 Å². The third-order valence-corrected chi connectivity index (χ3v) is 1.93. The van der Waals surface area contributed by atoms with Gasteiger partial charge in [-0.15, -0.1) is 0 Å². The Morgan fingerprint density at radius 3 is 2.35 bits per heavy atom. The Morgan fingerprint density at radius 1 is 1.35 bits per heavy atom. The van der Waals surface area contributed by atoms with E-state index in [1.165, 1.54) is 13.2 Å². The standard InChI is InChI=1S/C12H16FNO3/c1-12(2,3)17-11(15)10-8(13)5-7(16-4)6-9(10)14/h5-6H,14H2,1-4H3.